The lowest BCUT2D eigenvalue weighted by atomic mass is 9.67. The number of cyclic esters (lactones) is 2. The van der Waals surface area contributed by atoms with Gasteiger partial charge in [0.15, 0.2) is 0 Å². The van der Waals surface area contributed by atoms with E-state index < -0.39 is 0 Å². The fourth-order valence-corrected chi connectivity index (χ4v) is 3.29. The van der Waals surface area contributed by atoms with Crippen molar-refractivity contribution in [3.8, 4) is 0 Å². The van der Waals surface area contributed by atoms with Crippen LogP contribution in [0.25, 0.3) is 0 Å². The minimum Gasteiger partial charge on any atom is -0.393 e. The van der Waals surface area contributed by atoms with Gasteiger partial charge in [-0.25, -0.2) is 0 Å². The van der Waals surface area contributed by atoms with E-state index >= 15 is 0 Å². The van der Waals surface area contributed by atoms with Crippen LogP contribution in [0.15, 0.2) is 0 Å². The molecule has 1 fully saturated rings. The molecule has 1 heterocycles. The van der Waals surface area contributed by atoms with Gasteiger partial charge in [-0.1, -0.05) is 61.3 Å². The first-order valence-electron chi connectivity index (χ1n) is 7.74. The third-order valence-electron chi connectivity index (χ3n) is 4.49. The molecular weight excluding hydrogens is 252 g/mol. The van der Waals surface area contributed by atoms with Crippen molar-refractivity contribution in [3.63, 3.8) is 0 Å². The van der Waals surface area contributed by atoms with E-state index in [-0.39, 0.29) is 34.6 Å². The minimum atomic E-state index is -0.336. The number of rotatable bonds is 4. The highest BCUT2D eigenvalue weighted by molar-refractivity contribution is 5.96. The molecule has 0 bridgehead atoms. The van der Waals surface area contributed by atoms with Crippen LogP contribution < -0.4 is 0 Å². The molecule has 1 rings (SSSR count). The van der Waals surface area contributed by atoms with Gasteiger partial charge in [0.2, 0.25) is 0 Å². The normalized spacial score (nSPS) is 25.8. The van der Waals surface area contributed by atoms with Gasteiger partial charge < -0.3 is 4.74 Å². The second-order valence-electron chi connectivity index (χ2n) is 8.28. The number of carbonyl (C=O) groups excluding carboxylic acids is 2. The Balaban J connectivity index is 2.97. The summed E-state index contributed by atoms with van der Waals surface area (Å²) < 4.78 is 4.93. The van der Waals surface area contributed by atoms with E-state index in [1.165, 1.54) is 0 Å². The lowest BCUT2D eigenvalue weighted by Gasteiger charge is -2.35. The van der Waals surface area contributed by atoms with E-state index in [2.05, 4.69) is 27.7 Å². The molecule has 0 aromatic rings. The molecule has 1 aliphatic rings. The van der Waals surface area contributed by atoms with Crippen molar-refractivity contribution in [2.24, 2.45) is 28.6 Å². The summed E-state index contributed by atoms with van der Waals surface area (Å²) in [6.45, 7) is 14.8. The number of carbonyl (C=O) groups is 2. The molecule has 0 spiro atoms. The van der Waals surface area contributed by atoms with Gasteiger partial charge in [0.05, 0.1) is 11.8 Å². The zero-order valence-electron chi connectivity index (χ0n) is 14.1. The van der Waals surface area contributed by atoms with Gasteiger partial charge >= 0.3 is 11.9 Å². The van der Waals surface area contributed by atoms with Crippen LogP contribution >= 0.6 is 0 Å². The van der Waals surface area contributed by atoms with Crippen molar-refractivity contribution in [3.05, 3.63) is 0 Å². The SMILES string of the molecule is CCCC(CC1C(=O)OC(=O)C1C(C)(C)C)C(C)(C)C. The van der Waals surface area contributed by atoms with Gasteiger partial charge in [0.25, 0.3) is 0 Å². The molecule has 1 saturated heterocycles. The molecule has 3 unspecified atom stereocenters. The van der Waals surface area contributed by atoms with Crippen LogP contribution in [0.5, 0.6) is 0 Å². The van der Waals surface area contributed by atoms with Crippen molar-refractivity contribution in [1.29, 1.82) is 0 Å². The zero-order chi connectivity index (χ0) is 15.7. The standard InChI is InChI=1S/C17H30O3/c1-8-9-11(16(2,3)4)10-12-13(17(5,6)7)15(19)20-14(12)18/h11-13H,8-10H2,1-7H3. The highest BCUT2D eigenvalue weighted by atomic mass is 16.6. The fraction of sp³-hybridized carbons (Fsp3) is 0.882. The average molecular weight is 282 g/mol. The third kappa shape index (κ3) is 3.83. The Morgan fingerprint density at radius 2 is 1.60 bits per heavy atom. The van der Waals surface area contributed by atoms with Crippen LogP contribution in [-0.4, -0.2) is 11.9 Å². The highest BCUT2D eigenvalue weighted by Crippen LogP contribution is 2.44. The van der Waals surface area contributed by atoms with Gasteiger partial charge in [-0.15, -0.1) is 0 Å². The Hall–Kier alpha value is -0.860. The molecule has 0 aromatic heterocycles. The van der Waals surface area contributed by atoms with Gasteiger partial charge in [0, 0.05) is 0 Å². The van der Waals surface area contributed by atoms with Gasteiger partial charge in [-0.2, -0.15) is 0 Å². The molecule has 116 valence electrons. The lowest BCUT2D eigenvalue weighted by Crippen LogP contribution is -2.34. The Kier molecular flexibility index (Phi) is 5.04. The molecule has 3 heteroatoms. The van der Waals surface area contributed by atoms with Crippen LogP contribution in [0.3, 0.4) is 0 Å². The highest BCUT2D eigenvalue weighted by Gasteiger charge is 2.51. The topological polar surface area (TPSA) is 43.4 Å². The largest absolute Gasteiger partial charge is 0.393 e. The summed E-state index contributed by atoms with van der Waals surface area (Å²) >= 11 is 0. The number of hydrogen-bond acceptors (Lipinski definition) is 3. The lowest BCUT2D eigenvalue weighted by molar-refractivity contribution is -0.154. The van der Waals surface area contributed by atoms with E-state index in [1.54, 1.807) is 0 Å². The summed E-state index contributed by atoms with van der Waals surface area (Å²) in [7, 11) is 0. The van der Waals surface area contributed by atoms with Gasteiger partial charge in [0.1, 0.15) is 0 Å². The average Bonchev–Trinajstić information content (AvgIpc) is 2.50. The Bertz CT molecular complexity index is 371. The van der Waals surface area contributed by atoms with Crippen LogP contribution in [0, 0.1) is 28.6 Å². The maximum atomic E-state index is 12.1. The van der Waals surface area contributed by atoms with E-state index in [4.69, 9.17) is 4.74 Å². The van der Waals surface area contributed by atoms with Gasteiger partial charge in [-0.05, 0) is 23.2 Å². The first-order chi connectivity index (χ1) is 8.98. The van der Waals surface area contributed by atoms with Crippen molar-refractivity contribution in [1.82, 2.24) is 0 Å². The zero-order valence-corrected chi connectivity index (χ0v) is 14.1. The Morgan fingerprint density at radius 3 is 2.00 bits per heavy atom. The van der Waals surface area contributed by atoms with E-state index in [0.717, 1.165) is 19.3 Å². The Morgan fingerprint density at radius 1 is 1.05 bits per heavy atom. The number of ether oxygens (including phenoxy) is 1. The summed E-state index contributed by atoms with van der Waals surface area (Å²) in [5, 5.41) is 0. The molecule has 3 nitrogen and oxygen atoms in total. The first kappa shape index (κ1) is 17.2. The molecule has 3 atom stereocenters. The van der Waals surface area contributed by atoms with Crippen LogP contribution in [0.2, 0.25) is 0 Å². The number of hydrogen-bond donors (Lipinski definition) is 0. The quantitative estimate of drug-likeness (QED) is 0.573. The molecular formula is C17H30O3. The van der Waals surface area contributed by atoms with Crippen LogP contribution in [0.4, 0.5) is 0 Å². The van der Waals surface area contributed by atoms with Crippen molar-refractivity contribution in [2.45, 2.75) is 67.7 Å². The molecule has 1 aliphatic heterocycles. The molecule has 0 aliphatic carbocycles. The van der Waals surface area contributed by atoms with E-state index in [0.29, 0.717) is 5.92 Å². The molecule has 0 amide bonds. The number of esters is 2. The third-order valence-corrected chi connectivity index (χ3v) is 4.49. The van der Waals surface area contributed by atoms with Crippen molar-refractivity contribution >= 4 is 11.9 Å². The molecule has 0 N–H and O–H groups in total. The van der Waals surface area contributed by atoms with Gasteiger partial charge in [-0.3, -0.25) is 9.59 Å². The molecule has 0 saturated carbocycles. The minimum absolute atomic E-state index is 0.143. The molecule has 0 aromatic carbocycles. The summed E-state index contributed by atoms with van der Waals surface area (Å²) in [5.74, 6) is -0.812. The predicted octanol–water partition coefficient (Wildman–Crippen LogP) is 4.20. The summed E-state index contributed by atoms with van der Waals surface area (Å²) in [6, 6.07) is 0. The second-order valence-corrected chi connectivity index (χ2v) is 8.28. The summed E-state index contributed by atoms with van der Waals surface area (Å²) in [4.78, 5) is 24.1. The van der Waals surface area contributed by atoms with Crippen molar-refractivity contribution in [2.75, 3.05) is 0 Å². The summed E-state index contributed by atoms with van der Waals surface area (Å²) in [5.41, 5.74) is -0.0904. The first-order valence-corrected chi connectivity index (χ1v) is 7.74. The smallest absolute Gasteiger partial charge is 0.318 e. The summed E-state index contributed by atoms with van der Waals surface area (Å²) in [6.07, 6.45) is 2.93. The van der Waals surface area contributed by atoms with Crippen LogP contribution in [0.1, 0.15) is 67.7 Å². The monoisotopic (exact) mass is 282 g/mol. The molecule has 20 heavy (non-hydrogen) atoms. The van der Waals surface area contributed by atoms with Crippen LogP contribution in [-0.2, 0) is 14.3 Å². The predicted molar refractivity (Wildman–Crippen MR) is 80.0 cm³/mol. The fourth-order valence-electron chi connectivity index (χ4n) is 3.29. The van der Waals surface area contributed by atoms with E-state index in [9.17, 15) is 9.59 Å². The maximum absolute atomic E-state index is 12.1. The van der Waals surface area contributed by atoms with E-state index in [1.807, 2.05) is 20.8 Å². The Labute approximate surface area is 123 Å². The molecule has 0 radical (unpaired) electrons. The van der Waals surface area contributed by atoms with Crippen molar-refractivity contribution < 1.29 is 14.3 Å². The maximum Gasteiger partial charge on any atom is 0.318 e. The second kappa shape index (κ2) is 5.87.